The Balaban J connectivity index is 1.74. The Morgan fingerprint density at radius 3 is 2.39 bits per heavy atom. The maximum absolute atomic E-state index is 13.1. The van der Waals surface area contributed by atoms with Crippen molar-refractivity contribution in [2.75, 3.05) is 51.2 Å². The first-order valence-corrected chi connectivity index (χ1v) is 14.1. The minimum absolute atomic E-state index is 0.0934. The van der Waals surface area contributed by atoms with Crippen molar-refractivity contribution in [2.45, 2.75) is 51.7 Å². The van der Waals surface area contributed by atoms with Crippen LogP contribution in [0.15, 0.2) is 12.1 Å². The molecular weight excluding hydrogens is 490 g/mol. The molecule has 11 nitrogen and oxygen atoms in total. The Labute approximate surface area is 212 Å². The molecule has 1 saturated carbocycles. The highest BCUT2D eigenvalue weighted by atomic mass is 32.2. The number of methoxy groups -OCH3 is 1. The number of pyridine rings is 1. The lowest BCUT2D eigenvalue weighted by Crippen LogP contribution is -2.54. The quantitative estimate of drug-likeness (QED) is 0.282. The second kappa shape index (κ2) is 11.7. The molecule has 1 saturated heterocycles. The molecule has 0 spiro atoms. The van der Waals surface area contributed by atoms with E-state index in [1.165, 1.54) is 0 Å². The van der Waals surface area contributed by atoms with Gasteiger partial charge in [-0.15, -0.1) is 0 Å². The number of rotatable bonds is 14. The zero-order valence-electron chi connectivity index (χ0n) is 21.6. The first-order chi connectivity index (χ1) is 17.1. The number of amides is 1. The van der Waals surface area contributed by atoms with Crippen molar-refractivity contribution in [1.82, 2.24) is 10.3 Å². The molecule has 202 valence electrons. The molecule has 3 rings (SSSR count). The van der Waals surface area contributed by atoms with Crippen LogP contribution in [0.25, 0.3) is 0 Å². The molecule has 2 fully saturated rings. The predicted octanol–water partition coefficient (Wildman–Crippen LogP) is 1.76. The van der Waals surface area contributed by atoms with Crippen LogP contribution in [0, 0.1) is 11.8 Å². The summed E-state index contributed by atoms with van der Waals surface area (Å²) in [7, 11) is -1.82. The molecule has 1 amide bonds. The molecule has 1 aliphatic carbocycles. The number of ether oxygens (including phenoxy) is 3. The van der Waals surface area contributed by atoms with Crippen LogP contribution in [0.2, 0.25) is 0 Å². The standard InChI is InChI=1S/C24H37N3O8S/c1-6-24(7-2,23(29)33-8-3)26-21(28)19-9-10-20(27-12-18(13-27)32-4)22(25-19)34-14-16-11-17(16)15-35-36(5,30)31/h9-10,16-18H,6-8,11-15H2,1-5H3,(H,26,28)/t16-,17-/m0/s1. The molecule has 2 heterocycles. The molecular formula is C24H37N3O8S. The zero-order chi connectivity index (χ0) is 26.5. The van der Waals surface area contributed by atoms with Crippen LogP contribution in [0.1, 0.15) is 50.5 Å². The van der Waals surface area contributed by atoms with Crippen LogP contribution < -0.4 is 15.0 Å². The maximum Gasteiger partial charge on any atom is 0.331 e. The first kappa shape index (κ1) is 28.1. The first-order valence-electron chi connectivity index (χ1n) is 12.3. The summed E-state index contributed by atoms with van der Waals surface area (Å²) in [4.78, 5) is 32.3. The van der Waals surface area contributed by atoms with Gasteiger partial charge in [-0.25, -0.2) is 9.78 Å². The van der Waals surface area contributed by atoms with E-state index in [0.29, 0.717) is 38.4 Å². The van der Waals surface area contributed by atoms with Crippen molar-refractivity contribution >= 4 is 27.7 Å². The van der Waals surface area contributed by atoms with Gasteiger partial charge in [0.15, 0.2) is 0 Å². The molecule has 1 aromatic rings. The maximum atomic E-state index is 13.1. The number of aromatic nitrogens is 1. The zero-order valence-corrected chi connectivity index (χ0v) is 22.4. The number of nitrogens with zero attached hydrogens (tertiary/aromatic N) is 2. The molecule has 12 heteroatoms. The third-order valence-corrected chi connectivity index (χ3v) is 7.38. The minimum Gasteiger partial charge on any atom is -0.476 e. The third kappa shape index (κ3) is 6.86. The lowest BCUT2D eigenvalue weighted by molar-refractivity contribution is -0.151. The second-order valence-electron chi connectivity index (χ2n) is 9.30. The molecule has 2 aliphatic rings. The Hall–Kier alpha value is -2.44. The molecule has 2 atom stereocenters. The molecule has 1 aliphatic heterocycles. The normalized spacial score (nSPS) is 20.0. The van der Waals surface area contributed by atoms with Crippen molar-refractivity contribution < 1.29 is 36.4 Å². The third-order valence-electron chi connectivity index (χ3n) is 6.82. The molecule has 1 N–H and O–H groups in total. The molecule has 36 heavy (non-hydrogen) atoms. The van der Waals surface area contributed by atoms with Crippen molar-refractivity contribution in [1.29, 1.82) is 0 Å². The summed E-state index contributed by atoms with van der Waals surface area (Å²) in [6.07, 6.45) is 2.68. The lowest BCUT2D eigenvalue weighted by Gasteiger charge is -2.40. The SMILES string of the molecule is CCOC(=O)C(CC)(CC)NC(=O)c1ccc(N2CC(OC)C2)c(OC[C@@H]2C[C@H]2COS(C)(=O)=O)n1. The fourth-order valence-electron chi connectivity index (χ4n) is 4.12. The van der Waals surface area contributed by atoms with Crippen molar-refractivity contribution in [3.05, 3.63) is 17.8 Å². The molecule has 0 aromatic carbocycles. The average molecular weight is 528 g/mol. The second-order valence-corrected chi connectivity index (χ2v) is 10.9. The van der Waals surface area contributed by atoms with Gasteiger partial charge < -0.3 is 24.4 Å². The topological polar surface area (TPSA) is 133 Å². The van der Waals surface area contributed by atoms with Gasteiger partial charge in [-0.3, -0.25) is 8.98 Å². The van der Waals surface area contributed by atoms with Gasteiger partial charge in [0.1, 0.15) is 16.9 Å². The van der Waals surface area contributed by atoms with Gasteiger partial charge >= 0.3 is 5.97 Å². The summed E-state index contributed by atoms with van der Waals surface area (Å²) in [5, 5.41) is 2.83. The highest BCUT2D eigenvalue weighted by Crippen LogP contribution is 2.40. The van der Waals surface area contributed by atoms with Crippen LogP contribution in [-0.2, 0) is 28.6 Å². The summed E-state index contributed by atoms with van der Waals surface area (Å²) < 4.78 is 44.0. The van der Waals surface area contributed by atoms with E-state index >= 15 is 0 Å². The van der Waals surface area contributed by atoms with Gasteiger partial charge in [0.2, 0.25) is 5.88 Å². The fraction of sp³-hybridized carbons (Fsp3) is 0.708. The van der Waals surface area contributed by atoms with Gasteiger partial charge in [-0.05, 0) is 50.2 Å². The van der Waals surface area contributed by atoms with Crippen LogP contribution in [-0.4, -0.2) is 83.2 Å². The van der Waals surface area contributed by atoms with E-state index in [1.54, 1.807) is 26.2 Å². The summed E-state index contributed by atoms with van der Waals surface area (Å²) in [5.41, 5.74) is -0.272. The molecule has 0 bridgehead atoms. The Bertz CT molecular complexity index is 1040. The van der Waals surface area contributed by atoms with Crippen LogP contribution in [0.5, 0.6) is 5.88 Å². The predicted molar refractivity (Wildman–Crippen MR) is 133 cm³/mol. The summed E-state index contributed by atoms with van der Waals surface area (Å²) in [6, 6.07) is 3.39. The van der Waals surface area contributed by atoms with E-state index in [-0.39, 0.29) is 36.8 Å². The summed E-state index contributed by atoms with van der Waals surface area (Å²) in [5.74, 6) is -0.429. The Kier molecular flexibility index (Phi) is 9.18. The van der Waals surface area contributed by atoms with Gasteiger partial charge in [0.05, 0.1) is 32.2 Å². The van der Waals surface area contributed by atoms with E-state index in [9.17, 15) is 18.0 Å². The van der Waals surface area contributed by atoms with Crippen molar-refractivity contribution in [3.8, 4) is 5.88 Å². The number of carbonyl (C=O) groups excluding carboxylic acids is 2. The van der Waals surface area contributed by atoms with E-state index in [1.807, 2.05) is 13.8 Å². The number of anilines is 1. The van der Waals surface area contributed by atoms with Gasteiger partial charge in [-0.1, -0.05) is 13.8 Å². The van der Waals surface area contributed by atoms with Crippen LogP contribution in [0.4, 0.5) is 5.69 Å². The smallest absolute Gasteiger partial charge is 0.331 e. The van der Waals surface area contributed by atoms with Gasteiger partial charge in [0, 0.05) is 20.2 Å². The summed E-state index contributed by atoms with van der Waals surface area (Å²) in [6.45, 7) is 7.38. The molecule has 1 aromatic heterocycles. The highest BCUT2D eigenvalue weighted by Gasteiger charge is 2.40. The van der Waals surface area contributed by atoms with E-state index in [2.05, 4.69) is 15.2 Å². The number of hydrogen-bond donors (Lipinski definition) is 1. The van der Waals surface area contributed by atoms with E-state index < -0.39 is 27.5 Å². The lowest BCUT2D eigenvalue weighted by atomic mass is 9.92. The number of nitrogens with one attached hydrogen (secondary N) is 1. The van der Waals surface area contributed by atoms with E-state index in [0.717, 1.165) is 18.4 Å². The Morgan fingerprint density at radius 2 is 1.81 bits per heavy atom. The number of hydrogen-bond acceptors (Lipinski definition) is 10. The minimum atomic E-state index is -3.48. The summed E-state index contributed by atoms with van der Waals surface area (Å²) >= 11 is 0. The fourth-order valence-corrected chi connectivity index (χ4v) is 4.54. The van der Waals surface area contributed by atoms with Crippen molar-refractivity contribution in [3.63, 3.8) is 0 Å². The van der Waals surface area contributed by atoms with Crippen molar-refractivity contribution in [2.24, 2.45) is 11.8 Å². The molecule has 0 unspecified atom stereocenters. The number of esters is 1. The Morgan fingerprint density at radius 1 is 1.14 bits per heavy atom. The number of carbonyl (C=O) groups is 2. The van der Waals surface area contributed by atoms with Crippen LogP contribution in [0.3, 0.4) is 0 Å². The highest BCUT2D eigenvalue weighted by molar-refractivity contribution is 7.85. The monoisotopic (exact) mass is 527 g/mol. The van der Waals surface area contributed by atoms with E-state index in [4.69, 9.17) is 18.4 Å². The van der Waals surface area contributed by atoms with Gasteiger partial charge in [0.25, 0.3) is 16.0 Å². The largest absolute Gasteiger partial charge is 0.476 e. The van der Waals surface area contributed by atoms with Crippen LogP contribution >= 0.6 is 0 Å². The van der Waals surface area contributed by atoms with Gasteiger partial charge in [-0.2, -0.15) is 8.42 Å². The molecule has 0 radical (unpaired) electrons. The average Bonchev–Trinajstić information content (AvgIpc) is 3.58.